The first kappa shape index (κ1) is 20.6. The molecule has 3 aromatic rings. The zero-order chi connectivity index (χ0) is 22.3. The molecule has 7 nitrogen and oxygen atoms in total. The number of nitrogens with zero attached hydrogens (tertiary/aromatic N) is 3. The first-order valence-electron chi connectivity index (χ1n) is 9.55. The number of anilines is 1. The summed E-state index contributed by atoms with van der Waals surface area (Å²) >= 11 is 6.20. The van der Waals surface area contributed by atoms with Crippen LogP contribution in [0, 0.1) is 20.8 Å². The Kier molecular flexibility index (Phi) is 5.20. The smallest absolute Gasteiger partial charge is 0.318 e. The van der Waals surface area contributed by atoms with E-state index >= 15 is 0 Å². The Morgan fingerprint density at radius 2 is 1.71 bits per heavy atom. The van der Waals surface area contributed by atoms with Gasteiger partial charge in [-0.2, -0.15) is 0 Å². The van der Waals surface area contributed by atoms with Crippen molar-refractivity contribution in [1.82, 2.24) is 14.9 Å². The van der Waals surface area contributed by atoms with Gasteiger partial charge in [-0.1, -0.05) is 17.7 Å². The molecule has 8 heteroatoms. The molecule has 0 spiro atoms. The minimum Gasteiger partial charge on any atom is -0.318 e. The van der Waals surface area contributed by atoms with Crippen LogP contribution in [0.3, 0.4) is 0 Å². The van der Waals surface area contributed by atoms with Gasteiger partial charge in [0, 0.05) is 34.5 Å². The highest BCUT2D eigenvalue weighted by Gasteiger charge is 2.37. The topological polar surface area (TPSA) is 84.3 Å². The molecule has 1 N–H and O–H groups in total. The van der Waals surface area contributed by atoms with Gasteiger partial charge >= 0.3 is 6.03 Å². The third-order valence-electron chi connectivity index (χ3n) is 5.20. The summed E-state index contributed by atoms with van der Waals surface area (Å²) < 4.78 is 2.02. The molecular formula is C23H19ClN4O3. The van der Waals surface area contributed by atoms with Crippen LogP contribution in [0.1, 0.15) is 22.5 Å². The van der Waals surface area contributed by atoms with Crippen molar-refractivity contribution in [3.63, 3.8) is 0 Å². The minimum absolute atomic E-state index is 0.125. The van der Waals surface area contributed by atoms with E-state index in [-0.39, 0.29) is 5.57 Å². The van der Waals surface area contributed by atoms with E-state index in [9.17, 15) is 14.4 Å². The fourth-order valence-corrected chi connectivity index (χ4v) is 3.83. The Morgan fingerprint density at radius 1 is 1.00 bits per heavy atom. The Morgan fingerprint density at radius 3 is 2.42 bits per heavy atom. The summed E-state index contributed by atoms with van der Waals surface area (Å²) in [6.07, 6.45) is 4.45. The predicted octanol–water partition coefficient (Wildman–Crippen LogP) is 4.12. The van der Waals surface area contributed by atoms with Gasteiger partial charge in [0.2, 0.25) is 0 Å². The van der Waals surface area contributed by atoms with Gasteiger partial charge in [0.15, 0.2) is 0 Å². The molecule has 0 radical (unpaired) electrons. The first-order valence-corrected chi connectivity index (χ1v) is 9.92. The fourth-order valence-electron chi connectivity index (χ4n) is 3.67. The van der Waals surface area contributed by atoms with Gasteiger partial charge in [0.25, 0.3) is 11.8 Å². The van der Waals surface area contributed by atoms with Crippen LogP contribution in [-0.4, -0.2) is 27.4 Å². The maximum absolute atomic E-state index is 13.1. The van der Waals surface area contributed by atoms with Gasteiger partial charge in [-0.05, 0) is 68.3 Å². The molecule has 0 bridgehead atoms. The quantitative estimate of drug-likeness (QED) is 0.496. The number of benzene rings is 1. The molecule has 1 fully saturated rings. The molecule has 0 saturated carbocycles. The number of pyridine rings is 1. The van der Waals surface area contributed by atoms with E-state index in [2.05, 4.69) is 10.3 Å². The highest BCUT2D eigenvalue weighted by molar-refractivity contribution is 6.39. The molecule has 1 aliphatic rings. The van der Waals surface area contributed by atoms with Crippen LogP contribution in [0.25, 0.3) is 11.8 Å². The van der Waals surface area contributed by atoms with Gasteiger partial charge in [0.05, 0.1) is 5.69 Å². The van der Waals surface area contributed by atoms with Crippen molar-refractivity contribution < 1.29 is 14.4 Å². The number of carbonyl (C=O) groups excluding carboxylic acids is 3. The third kappa shape index (κ3) is 3.64. The van der Waals surface area contributed by atoms with Crippen LogP contribution in [-0.2, 0) is 9.59 Å². The van der Waals surface area contributed by atoms with Crippen molar-refractivity contribution in [1.29, 1.82) is 0 Å². The van der Waals surface area contributed by atoms with Crippen molar-refractivity contribution >= 4 is 41.2 Å². The number of rotatable bonds is 3. The van der Waals surface area contributed by atoms with Crippen molar-refractivity contribution in [2.75, 3.05) is 4.90 Å². The standard InChI is InChI=1S/C23H19ClN4O3/c1-13-4-5-17(24)12-20(13)27-14(2)10-16(15(27)3)11-19-21(29)26-23(31)28(22(19)30)18-6-8-25-9-7-18/h4-12H,1-3H3,(H,26,29,31)/b19-11+. The summed E-state index contributed by atoms with van der Waals surface area (Å²) in [5, 5.41) is 2.84. The summed E-state index contributed by atoms with van der Waals surface area (Å²) in [6, 6.07) is 9.78. The number of aryl methyl sites for hydroxylation is 2. The third-order valence-corrected chi connectivity index (χ3v) is 5.44. The molecule has 4 amide bonds. The molecule has 31 heavy (non-hydrogen) atoms. The molecule has 3 heterocycles. The Balaban J connectivity index is 1.79. The monoisotopic (exact) mass is 434 g/mol. The van der Waals surface area contributed by atoms with Crippen LogP contribution >= 0.6 is 11.6 Å². The molecule has 4 rings (SSSR count). The fraction of sp³-hybridized carbons (Fsp3) is 0.130. The van der Waals surface area contributed by atoms with Gasteiger partial charge in [0.1, 0.15) is 5.57 Å². The molecule has 2 aromatic heterocycles. The van der Waals surface area contributed by atoms with E-state index in [0.717, 1.165) is 27.5 Å². The van der Waals surface area contributed by atoms with E-state index in [1.165, 1.54) is 30.6 Å². The number of amides is 4. The molecule has 0 atom stereocenters. The summed E-state index contributed by atoms with van der Waals surface area (Å²) in [5.74, 6) is -1.42. The highest BCUT2D eigenvalue weighted by Crippen LogP contribution is 2.28. The molecule has 1 aromatic carbocycles. The second-order valence-corrected chi connectivity index (χ2v) is 7.69. The van der Waals surface area contributed by atoms with E-state index in [1.54, 1.807) is 0 Å². The molecule has 156 valence electrons. The van der Waals surface area contributed by atoms with Crippen LogP contribution < -0.4 is 10.2 Å². The Hall–Kier alpha value is -3.71. The zero-order valence-corrected chi connectivity index (χ0v) is 17.9. The lowest BCUT2D eigenvalue weighted by atomic mass is 10.1. The summed E-state index contributed by atoms with van der Waals surface area (Å²) in [6.45, 7) is 5.82. The predicted molar refractivity (Wildman–Crippen MR) is 118 cm³/mol. The second-order valence-electron chi connectivity index (χ2n) is 7.26. The van der Waals surface area contributed by atoms with E-state index in [1.807, 2.05) is 49.6 Å². The van der Waals surface area contributed by atoms with Gasteiger partial charge in [-0.3, -0.25) is 19.9 Å². The van der Waals surface area contributed by atoms with Crippen molar-refractivity contribution in [2.45, 2.75) is 20.8 Å². The molecule has 0 aliphatic carbocycles. The average Bonchev–Trinajstić information content (AvgIpc) is 3.00. The summed E-state index contributed by atoms with van der Waals surface area (Å²) in [7, 11) is 0. The second kappa shape index (κ2) is 7.85. The lowest BCUT2D eigenvalue weighted by Gasteiger charge is -2.26. The molecule has 0 unspecified atom stereocenters. The summed E-state index contributed by atoms with van der Waals surface area (Å²) in [5.41, 5.74) is 4.60. The number of hydrogen-bond donors (Lipinski definition) is 1. The van der Waals surface area contributed by atoms with Crippen LogP contribution in [0.4, 0.5) is 10.5 Å². The first-order chi connectivity index (χ1) is 14.8. The highest BCUT2D eigenvalue weighted by atomic mass is 35.5. The summed E-state index contributed by atoms with van der Waals surface area (Å²) in [4.78, 5) is 42.7. The number of nitrogens with one attached hydrogen (secondary N) is 1. The Labute approximate surface area is 184 Å². The molecular weight excluding hydrogens is 416 g/mol. The number of urea groups is 1. The van der Waals surface area contributed by atoms with E-state index < -0.39 is 17.8 Å². The van der Waals surface area contributed by atoms with Gasteiger partial charge in [-0.15, -0.1) is 0 Å². The number of barbiturate groups is 1. The van der Waals surface area contributed by atoms with E-state index in [4.69, 9.17) is 11.6 Å². The van der Waals surface area contributed by atoms with E-state index in [0.29, 0.717) is 16.3 Å². The maximum atomic E-state index is 13.1. The maximum Gasteiger partial charge on any atom is 0.335 e. The molecule has 1 saturated heterocycles. The number of imide groups is 2. The largest absolute Gasteiger partial charge is 0.335 e. The van der Waals surface area contributed by atoms with Gasteiger partial charge in [-0.25, -0.2) is 9.69 Å². The van der Waals surface area contributed by atoms with Crippen molar-refractivity contribution in [3.8, 4) is 5.69 Å². The van der Waals surface area contributed by atoms with Crippen LogP contribution in [0.2, 0.25) is 5.02 Å². The minimum atomic E-state index is -0.793. The Bertz CT molecular complexity index is 1260. The van der Waals surface area contributed by atoms with Crippen molar-refractivity contribution in [3.05, 3.63) is 81.9 Å². The number of carbonyl (C=O) groups is 3. The number of hydrogen-bond acceptors (Lipinski definition) is 4. The zero-order valence-electron chi connectivity index (χ0n) is 17.1. The number of aromatic nitrogens is 2. The number of halogens is 1. The lowest BCUT2D eigenvalue weighted by molar-refractivity contribution is -0.122. The van der Waals surface area contributed by atoms with Crippen molar-refractivity contribution in [2.24, 2.45) is 0 Å². The normalized spacial score (nSPS) is 15.5. The lowest BCUT2D eigenvalue weighted by Crippen LogP contribution is -2.54. The van der Waals surface area contributed by atoms with Crippen LogP contribution in [0.15, 0.2) is 54.4 Å². The SMILES string of the molecule is Cc1ccc(Cl)cc1-n1c(C)cc(/C=C2\C(=O)NC(=O)N(c3ccncc3)C2=O)c1C. The average molecular weight is 435 g/mol. The van der Waals surface area contributed by atoms with Gasteiger partial charge < -0.3 is 4.57 Å². The van der Waals surface area contributed by atoms with Crippen LogP contribution in [0.5, 0.6) is 0 Å². The molecule has 1 aliphatic heterocycles.